The molecule has 0 bridgehead atoms. The number of rotatable bonds is 3. The summed E-state index contributed by atoms with van der Waals surface area (Å²) in [5.74, 6) is 0.117. The molecular weight excluding hydrogens is 287 g/mol. The fourth-order valence-corrected chi connectivity index (χ4v) is 2.15. The van der Waals surface area contributed by atoms with Gasteiger partial charge in [0.05, 0.1) is 10.4 Å². The van der Waals surface area contributed by atoms with E-state index in [1.165, 1.54) is 30.3 Å². The molecule has 1 fully saturated rings. The first kappa shape index (κ1) is 13.6. The molecule has 0 spiro atoms. The lowest BCUT2D eigenvalue weighted by molar-refractivity contribution is -0.384. The molecule has 1 aliphatic rings. The van der Waals surface area contributed by atoms with Gasteiger partial charge in [0.1, 0.15) is 11.4 Å². The van der Waals surface area contributed by atoms with Crippen LogP contribution in [0, 0.1) is 10.1 Å². The summed E-state index contributed by atoms with van der Waals surface area (Å²) in [6.07, 6.45) is -4.27. The van der Waals surface area contributed by atoms with Crippen LogP contribution in [0.1, 0.15) is 12.8 Å². The molecule has 1 aromatic carbocycles. The minimum atomic E-state index is -4.32. The highest BCUT2D eigenvalue weighted by molar-refractivity contribution is 5.82. The molecule has 2 aromatic rings. The summed E-state index contributed by atoms with van der Waals surface area (Å²) in [4.78, 5) is 14.2. The number of anilines is 1. The Morgan fingerprint density at radius 2 is 1.95 bits per heavy atom. The van der Waals surface area contributed by atoms with Crippen molar-refractivity contribution in [3.63, 3.8) is 0 Å². The molecule has 8 heteroatoms. The van der Waals surface area contributed by atoms with Crippen molar-refractivity contribution in [3.8, 4) is 0 Å². The topological polar surface area (TPSA) is 68.1 Å². The number of aromatic nitrogens is 1. The zero-order chi connectivity index (χ0) is 15.3. The molecule has 1 heterocycles. The smallest absolute Gasteiger partial charge is 0.356 e. The van der Waals surface area contributed by atoms with E-state index in [0.29, 0.717) is 10.9 Å². The van der Waals surface area contributed by atoms with Gasteiger partial charge in [0.25, 0.3) is 5.69 Å². The maximum Gasteiger partial charge on any atom is 0.411 e. The SMILES string of the molecule is O=[N+]([O-])c1ccc2nc(NC3(C(F)(F)F)CC3)ccc2c1. The number of hydrogen-bond donors (Lipinski definition) is 1. The second-order valence-corrected chi connectivity index (χ2v) is 5.04. The van der Waals surface area contributed by atoms with E-state index in [2.05, 4.69) is 10.3 Å². The molecule has 0 atom stereocenters. The fourth-order valence-electron chi connectivity index (χ4n) is 2.15. The Balaban J connectivity index is 1.92. The highest BCUT2D eigenvalue weighted by Crippen LogP contribution is 2.51. The number of pyridine rings is 1. The predicted molar refractivity (Wildman–Crippen MR) is 70.0 cm³/mol. The average molecular weight is 297 g/mol. The summed E-state index contributed by atoms with van der Waals surface area (Å²) in [7, 11) is 0. The van der Waals surface area contributed by atoms with Crippen LogP contribution in [0.2, 0.25) is 0 Å². The van der Waals surface area contributed by atoms with E-state index in [4.69, 9.17) is 0 Å². The van der Waals surface area contributed by atoms with Crippen LogP contribution < -0.4 is 5.32 Å². The summed E-state index contributed by atoms with van der Waals surface area (Å²) in [5.41, 5.74) is -1.56. The van der Waals surface area contributed by atoms with Gasteiger partial charge in [-0.05, 0) is 31.0 Å². The van der Waals surface area contributed by atoms with Crippen LogP contribution in [0.5, 0.6) is 0 Å². The van der Waals surface area contributed by atoms with Gasteiger partial charge in [-0.1, -0.05) is 0 Å². The molecule has 1 N–H and O–H groups in total. The van der Waals surface area contributed by atoms with Gasteiger partial charge in [-0.3, -0.25) is 10.1 Å². The first-order chi connectivity index (χ1) is 9.81. The maximum absolute atomic E-state index is 12.9. The van der Waals surface area contributed by atoms with Gasteiger partial charge in [-0.2, -0.15) is 13.2 Å². The predicted octanol–water partition coefficient (Wildman–Crippen LogP) is 3.65. The molecule has 1 saturated carbocycles. The van der Waals surface area contributed by atoms with Gasteiger partial charge in [0.15, 0.2) is 0 Å². The van der Waals surface area contributed by atoms with E-state index < -0.39 is 16.6 Å². The van der Waals surface area contributed by atoms with Crippen LogP contribution in [0.15, 0.2) is 30.3 Å². The molecule has 1 aromatic heterocycles. The zero-order valence-corrected chi connectivity index (χ0v) is 10.6. The van der Waals surface area contributed by atoms with Crippen molar-refractivity contribution in [2.45, 2.75) is 24.6 Å². The van der Waals surface area contributed by atoms with E-state index in [9.17, 15) is 23.3 Å². The van der Waals surface area contributed by atoms with E-state index in [1.54, 1.807) is 0 Å². The summed E-state index contributed by atoms with van der Waals surface area (Å²) < 4.78 is 38.6. The number of nitrogens with one attached hydrogen (secondary N) is 1. The van der Waals surface area contributed by atoms with Crippen molar-refractivity contribution < 1.29 is 18.1 Å². The van der Waals surface area contributed by atoms with Gasteiger partial charge >= 0.3 is 6.18 Å². The summed E-state index contributed by atoms with van der Waals surface area (Å²) in [6.45, 7) is 0. The average Bonchev–Trinajstić information content (AvgIpc) is 3.18. The third kappa shape index (κ3) is 2.37. The van der Waals surface area contributed by atoms with Crippen molar-refractivity contribution in [1.29, 1.82) is 0 Å². The Labute approximate surface area is 116 Å². The quantitative estimate of drug-likeness (QED) is 0.693. The lowest BCUT2D eigenvalue weighted by Gasteiger charge is -2.21. The highest BCUT2D eigenvalue weighted by atomic mass is 19.4. The number of nitrogens with zero attached hydrogens (tertiary/aromatic N) is 2. The molecule has 21 heavy (non-hydrogen) atoms. The first-order valence-corrected chi connectivity index (χ1v) is 6.21. The van der Waals surface area contributed by atoms with Crippen molar-refractivity contribution in [2.75, 3.05) is 5.32 Å². The zero-order valence-electron chi connectivity index (χ0n) is 10.6. The van der Waals surface area contributed by atoms with Crippen LogP contribution in [0.4, 0.5) is 24.7 Å². The molecular formula is C13H10F3N3O2. The first-order valence-electron chi connectivity index (χ1n) is 6.21. The molecule has 0 unspecified atom stereocenters. The molecule has 0 amide bonds. The van der Waals surface area contributed by atoms with E-state index >= 15 is 0 Å². The Hall–Kier alpha value is -2.38. The Morgan fingerprint density at radius 3 is 2.52 bits per heavy atom. The second kappa shape index (κ2) is 4.31. The Morgan fingerprint density at radius 1 is 1.24 bits per heavy atom. The number of nitro benzene ring substituents is 1. The third-order valence-corrected chi connectivity index (χ3v) is 3.54. The van der Waals surface area contributed by atoms with Gasteiger partial charge in [-0.15, -0.1) is 0 Å². The number of hydrogen-bond acceptors (Lipinski definition) is 4. The van der Waals surface area contributed by atoms with Gasteiger partial charge in [-0.25, -0.2) is 4.98 Å². The highest BCUT2D eigenvalue weighted by Gasteiger charge is 2.63. The number of benzene rings is 1. The largest absolute Gasteiger partial charge is 0.411 e. The lowest BCUT2D eigenvalue weighted by Crippen LogP contribution is -2.38. The van der Waals surface area contributed by atoms with Crippen molar-refractivity contribution in [3.05, 3.63) is 40.4 Å². The molecule has 0 aliphatic heterocycles. The van der Waals surface area contributed by atoms with Gasteiger partial charge < -0.3 is 5.32 Å². The third-order valence-electron chi connectivity index (χ3n) is 3.54. The maximum atomic E-state index is 12.9. The second-order valence-electron chi connectivity index (χ2n) is 5.04. The standard InChI is InChI=1S/C13H10F3N3O2/c14-13(15,16)12(5-6-12)18-11-4-1-8-7-9(19(20)21)2-3-10(8)17-11/h1-4,7H,5-6H2,(H,17,18). The van der Waals surface area contributed by atoms with E-state index in [1.807, 2.05) is 0 Å². The Kier molecular flexibility index (Phi) is 2.79. The van der Waals surface area contributed by atoms with E-state index in [0.717, 1.165) is 0 Å². The normalized spacial score (nSPS) is 16.7. The fraction of sp³-hybridized carbons (Fsp3) is 0.308. The van der Waals surface area contributed by atoms with Gasteiger partial charge in [0.2, 0.25) is 0 Å². The van der Waals surface area contributed by atoms with Crippen LogP contribution in [0.25, 0.3) is 10.9 Å². The molecule has 1 aliphatic carbocycles. The molecule has 3 rings (SSSR count). The number of fused-ring (bicyclic) bond motifs is 1. The minimum Gasteiger partial charge on any atom is -0.356 e. The van der Waals surface area contributed by atoms with Crippen molar-refractivity contribution in [1.82, 2.24) is 4.98 Å². The summed E-state index contributed by atoms with van der Waals surface area (Å²) >= 11 is 0. The van der Waals surface area contributed by atoms with Crippen molar-refractivity contribution >= 4 is 22.4 Å². The minimum absolute atomic E-state index is 0.0243. The summed E-state index contributed by atoms with van der Waals surface area (Å²) in [6, 6.07) is 6.95. The van der Waals surface area contributed by atoms with Crippen LogP contribution in [-0.4, -0.2) is 21.6 Å². The lowest BCUT2D eigenvalue weighted by atomic mass is 10.2. The molecule has 0 radical (unpaired) electrons. The van der Waals surface area contributed by atoms with Crippen LogP contribution in [-0.2, 0) is 0 Å². The number of non-ortho nitro benzene ring substituents is 1. The summed E-state index contributed by atoms with van der Waals surface area (Å²) in [5, 5.41) is 13.6. The van der Waals surface area contributed by atoms with Crippen molar-refractivity contribution in [2.24, 2.45) is 0 Å². The number of nitro groups is 1. The number of alkyl halides is 3. The van der Waals surface area contributed by atoms with Crippen LogP contribution in [0.3, 0.4) is 0 Å². The monoisotopic (exact) mass is 297 g/mol. The number of halogens is 3. The van der Waals surface area contributed by atoms with Crippen LogP contribution >= 0.6 is 0 Å². The Bertz CT molecular complexity index is 726. The molecule has 5 nitrogen and oxygen atoms in total. The van der Waals surface area contributed by atoms with Gasteiger partial charge in [0, 0.05) is 17.5 Å². The molecule has 110 valence electrons. The van der Waals surface area contributed by atoms with E-state index in [-0.39, 0.29) is 24.3 Å². The molecule has 0 saturated heterocycles.